The number of ether oxygens (including phenoxy) is 1. The molecule has 0 heterocycles. The van der Waals surface area contributed by atoms with E-state index in [-0.39, 0.29) is 6.04 Å². The van der Waals surface area contributed by atoms with Crippen LogP contribution in [0.5, 0.6) is 0 Å². The lowest BCUT2D eigenvalue weighted by Crippen LogP contribution is -2.47. The summed E-state index contributed by atoms with van der Waals surface area (Å²) >= 11 is 11.7. The van der Waals surface area contributed by atoms with Gasteiger partial charge >= 0.3 is 12.0 Å². The lowest BCUT2D eigenvalue weighted by Gasteiger charge is -2.15. The van der Waals surface area contributed by atoms with Gasteiger partial charge in [0, 0.05) is 12.1 Å². The summed E-state index contributed by atoms with van der Waals surface area (Å²) in [7, 11) is 0. The zero-order valence-corrected chi connectivity index (χ0v) is 15.8. The van der Waals surface area contributed by atoms with Gasteiger partial charge in [0.05, 0.1) is 10.0 Å². The molecule has 1 aliphatic carbocycles. The molecule has 3 amide bonds. The van der Waals surface area contributed by atoms with Crippen molar-refractivity contribution in [2.24, 2.45) is 0 Å². The maximum atomic E-state index is 11.9. The van der Waals surface area contributed by atoms with E-state index in [2.05, 4.69) is 10.6 Å². The van der Waals surface area contributed by atoms with E-state index in [9.17, 15) is 14.4 Å². The molecule has 2 N–H and O–H groups in total. The lowest BCUT2D eigenvalue weighted by atomic mass is 10.2. The van der Waals surface area contributed by atoms with Gasteiger partial charge in [-0.05, 0) is 43.5 Å². The van der Waals surface area contributed by atoms with Crippen LogP contribution in [0.3, 0.4) is 0 Å². The topological polar surface area (TPSA) is 84.5 Å². The average Bonchev–Trinajstić information content (AvgIpc) is 3.08. The Hall–Kier alpha value is -2.05. The Morgan fingerprint density at radius 2 is 1.88 bits per heavy atom. The van der Waals surface area contributed by atoms with Crippen LogP contribution in [-0.2, 0) is 14.3 Å². The monoisotopic (exact) mass is 398 g/mol. The Bertz CT molecular complexity index is 715. The van der Waals surface area contributed by atoms with Crippen LogP contribution < -0.4 is 10.6 Å². The summed E-state index contributed by atoms with van der Waals surface area (Å²) in [5, 5.41) is 5.68. The van der Waals surface area contributed by atoms with Crippen LogP contribution in [0.4, 0.5) is 4.79 Å². The van der Waals surface area contributed by atoms with E-state index in [4.69, 9.17) is 27.9 Å². The molecule has 1 aliphatic rings. The molecule has 1 aromatic rings. The molecule has 0 spiro atoms. The number of hydrogen-bond acceptors (Lipinski definition) is 4. The number of nitrogens with one attached hydrogen (secondary N) is 2. The highest BCUT2D eigenvalue weighted by Crippen LogP contribution is 2.23. The van der Waals surface area contributed by atoms with E-state index in [0.29, 0.717) is 15.6 Å². The fourth-order valence-electron chi connectivity index (χ4n) is 2.55. The SMILES string of the molecule is CC(OC(=O)/C=C/c1ccc(Cl)c(Cl)c1)C(=O)NC(=O)NC1CCCC1. The van der Waals surface area contributed by atoms with Crippen LogP contribution in [0.2, 0.25) is 10.0 Å². The molecule has 26 heavy (non-hydrogen) atoms. The summed E-state index contributed by atoms with van der Waals surface area (Å²) in [6.45, 7) is 1.39. The van der Waals surface area contributed by atoms with E-state index >= 15 is 0 Å². The predicted octanol–water partition coefficient (Wildman–Crippen LogP) is 3.71. The van der Waals surface area contributed by atoms with Crippen molar-refractivity contribution < 1.29 is 19.1 Å². The van der Waals surface area contributed by atoms with Crippen molar-refractivity contribution in [3.05, 3.63) is 39.9 Å². The first-order valence-corrected chi connectivity index (χ1v) is 9.06. The second-order valence-electron chi connectivity index (χ2n) is 6.03. The van der Waals surface area contributed by atoms with Crippen molar-refractivity contribution in [2.75, 3.05) is 0 Å². The first kappa shape index (κ1) is 20.3. The Balaban J connectivity index is 1.79. The molecule has 1 fully saturated rings. The minimum atomic E-state index is -1.10. The highest BCUT2D eigenvalue weighted by molar-refractivity contribution is 6.42. The fourth-order valence-corrected chi connectivity index (χ4v) is 2.86. The molecule has 0 radical (unpaired) electrons. The van der Waals surface area contributed by atoms with Gasteiger partial charge in [0.1, 0.15) is 0 Å². The van der Waals surface area contributed by atoms with Gasteiger partial charge in [-0.25, -0.2) is 9.59 Å². The molecule has 0 saturated heterocycles. The fraction of sp³-hybridized carbons (Fsp3) is 0.389. The molecule has 1 saturated carbocycles. The van der Waals surface area contributed by atoms with Gasteiger partial charge in [0.25, 0.3) is 5.91 Å². The third-order valence-electron chi connectivity index (χ3n) is 3.94. The Morgan fingerprint density at radius 1 is 1.19 bits per heavy atom. The second-order valence-corrected chi connectivity index (χ2v) is 6.84. The van der Waals surface area contributed by atoms with Crippen LogP contribution in [-0.4, -0.2) is 30.1 Å². The van der Waals surface area contributed by atoms with Gasteiger partial charge in [-0.1, -0.05) is 42.1 Å². The summed E-state index contributed by atoms with van der Waals surface area (Å²) in [5.74, 6) is -1.40. The summed E-state index contributed by atoms with van der Waals surface area (Å²) in [5.41, 5.74) is 0.657. The van der Waals surface area contributed by atoms with Crippen LogP contribution in [0.25, 0.3) is 6.08 Å². The quantitative estimate of drug-likeness (QED) is 0.584. The van der Waals surface area contributed by atoms with Crippen LogP contribution in [0.15, 0.2) is 24.3 Å². The van der Waals surface area contributed by atoms with Gasteiger partial charge in [-0.2, -0.15) is 0 Å². The summed E-state index contributed by atoms with van der Waals surface area (Å²) < 4.78 is 4.98. The standard InChI is InChI=1S/C18H20Cl2N2O4/c1-11(17(24)22-18(25)21-13-4-2-3-5-13)26-16(23)9-7-12-6-8-14(19)15(20)10-12/h6-11,13H,2-5H2,1H3,(H2,21,22,24,25)/b9-7+. The number of halogens is 2. The number of carbonyl (C=O) groups is 3. The third kappa shape index (κ3) is 6.35. The van der Waals surface area contributed by atoms with Crippen molar-refractivity contribution in [3.8, 4) is 0 Å². The molecule has 0 bridgehead atoms. The zero-order valence-electron chi connectivity index (χ0n) is 14.3. The maximum Gasteiger partial charge on any atom is 0.331 e. The van der Waals surface area contributed by atoms with Crippen molar-refractivity contribution in [1.29, 1.82) is 0 Å². The number of carbonyl (C=O) groups excluding carboxylic acids is 3. The number of imide groups is 1. The number of esters is 1. The Kier molecular flexibility index (Phi) is 7.48. The van der Waals surface area contributed by atoms with Gasteiger partial charge < -0.3 is 10.1 Å². The van der Waals surface area contributed by atoms with Gasteiger partial charge in [-0.3, -0.25) is 10.1 Å². The highest BCUT2D eigenvalue weighted by atomic mass is 35.5. The number of hydrogen-bond donors (Lipinski definition) is 2. The Morgan fingerprint density at radius 3 is 2.54 bits per heavy atom. The minimum absolute atomic E-state index is 0.0924. The molecule has 0 aromatic heterocycles. The number of benzene rings is 1. The summed E-state index contributed by atoms with van der Waals surface area (Å²) in [4.78, 5) is 35.5. The zero-order chi connectivity index (χ0) is 19.1. The summed E-state index contributed by atoms with van der Waals surface area (Å²) in [6, 6.07) is 4.40. The molecule has 1 atom stereocenters. The maximum absolute atomic E-state index is 11.9. The first-order valence-electron chi connectivity index (χ1n) is 8.30. The Labute approximate surface area is 161 Å². The minimum Gasteiger partial charge on any atom is -0.449 e. The van der Waals surface area contributed by atoms with Crippen molar-refractivity contribution in [3.63, 3.8) is 0 Å². The predicted molar refractivity (Wildman–Crippen MR) is 100.0 cm³/mol. The number of amides is 3. The normalized spacial score (nSPS) is 15.7. The largest absolute Gasteiger partial charge is 0.449 e. The van der Waals surface area contributed by atoms with Gasteiger partial charge in [-0.15, -0.1) is 0 Å². The van der Waals surface area contributed by atoms with E-state index in [1.165, 1.54) is 19.1 Å². The van der Waals surface area contributed by atoms with Crippen LogP contribution in [0.1, 0.15) is 38.2 Å². The lowest BCUT2D eigenvalue weighted by molar-refractivity contribution is -0.149. The average molecular weight is 399 g/mol. The molecule has 140 valence electrons. The summed E-state index contributed by atoms with van der Waals surface area (Å²) in [6.07, 6.45) is 5.51. The molecule has 6 nitrogen and oxygen atoms in total. The van der Waals surface area contributed by atoms with Crippen LogP contribution in [0, 0.1) is 0 Å². The van der Waals surface area contributed by atoms with Crippen LogP contribution >= 0.6 is 23.2 Å². The molecular formula is C18H20Cl2N2O4. The van der Waals surface area contributed by atoms with Crippen molar-refractivity contribution in [2.45, 2.75) is 44.8 Å². The van der Waals surface area contributed by atoms with E-state index in [0.717, 1.165) is 25.7 Å². The number of urea groups is 1. The molecule has 1 aromatic carbocycles. The highest BCUT2D eigenvalue weighted by Gasteiger charge is 2.22. The second kappa shape index (κ2) is 9.59. The third-order valence-corrected chi connectivity index (χ3v) is 4.68. The number of rotatable bonds is 5. The molecule has 0 aliphatic heterocycles. The van der Waals surface area contributed by atoms with Crippen molar-refractivity contribution in [1.82, 2.24) is 10.6 Å². The molecular weight excluding hydrogens is 379 g/mol. The molecule has 2 rings (SSSR count). The molecule has 8 heteroatoms. The van der Waals surface area contributed by atoms with Gasteiger partial charge in [0.15, 0.2) is 6.10 Å². The van der Waals surface area contributed by atoms with E-state index in [1.54, 1.807) is 18.2 Å². The van der Waals surface area contributed by atoms with E-state index in [1.807, 2.05) is 0 Å². The van der Waals surface area contributed by atoms with E-state index < -0.39 is 24.0 Å². The van der Waals surface area contributed by atoms with Crippen molar-refractivity contribution >= 4 is 47.2 Å². The van der Waals surface area contributed by atoms with Gasteiger partial charge in [0.2, 0.25) is 0 Å². The first-order chi connectivity index (χ1) is 12.3. The smallest absolute Gasteiger partial charge is 0.331 e. The molecule has 1 unspecified atom stereocenters.